The minimum Gasteiger partial charge on any atom is -0.508 e. The molecule has 0 fully saturated rings. The lowest BCUT2D eigenvalue weighted by Gasteiger charge is -2.12. The molecule has 0 bridgehead atoms. The van der Waals surface area contributed by atoms with Crippen molar-refractivity contribution in [1.82, 2.24) is 15.5 Å². The van der Waals surface area contributed by atoms with E-state index in [2.05, 4.69) is 10.6 Å². The summed E-state index contributed by atoms with van der Waals surface area (Å²) in [4.78, 5) is 24.5. The Morgan fingerprint density at radius 1 is 1.21 bits per heavy atom. The van der Waals surface area contributed by atoms with Crippen molar-refractivity contribution in [3.05, 3.63) is 29.3 Å². The Morgan fingerprint density at radius 3 is 2.47 bits per heavy atom. The molecule has 1 aromatic carbocycles. The zero-order valence-electron chi connectivity index (χ0n) is 11.4. The van der Waals surface area contributed by atoms with Gasteiger partial charge in [-0.05, 0) is 19.1 Å². The molecule has 3 amide bonds. The van der Waals surface area contributed by atoms with E-state index in [9.17, 15) is 14.7 Å². The number of amides is 3. The standard InChI is InChI=1S/C13H19N3O3/c1-9-10(5-4-6-11(9)17)12(18)14-7-8-15-13(19)16(2)3/h4-6,17H,7-8H2,1-3H3,(H,14,18)(H,15,19). The number of hydrogen-bond acceptors (Lipinski definition) is 3. The molecule has 1 rings (SSSR count). The minimum atomic E-state index is -0.271. The smallest absolute Gasteiger partial charge is 0.316 e. The summed E-state index contributed by atoms with van der Waals surface area (Å²) < 4.78 is 0. The third-order valence-electron chi connectivity index (χ3n) is 2.64. The summed E-state index contributed by atoms with van der Waals surface area (Å²) in [7, 11) is 3.29. The van der Waals surface area contributed by atoms with Gasteiger partial charge in [0.2, 0.25) is 0 Å². The van der Waals surface area contributed by atoms with Gasteiger partial charge in [0, 0.05) is 38.3 Å². The molecule has 0 aliphatic rings. The van der Waals surface area contributed by atoms with Gasteiger partial charge < -0.3 is 20.6 Å². The first-order valence-corrected chi connectivity index (χ1v) is 5.95. The molecule has 0 aromatic heterocycles. The van der Waals surface area contributed by atoms with Crippen LogP contribution in [0, 0.1) is 6.92 Å². The molecule has 0 spiro atoms. The van der Waals surface area contributed by atoms with E-state index in [1.54, 1.807) is 33.2 Å². The lowest BCUT2D eigenvalue weighted by molar-refractivity contribution is 0.0952. The monoisotopic (exact) mass is 265 g/mol. The van der Waals surface area contributed by atoms with Gasteiger partial charge in [-0.2, -0.15) is 0 Å². The third kappa shape index (κ3) is 4.17. The Balaban J connectivity index is 2.44. The predicted octanol–water partition coefficient (Wildman–Crippen LogP) is 0.702. The Kier molecular flexibility index (Phi) is 5.17. The van der Waals surface area contributed by atoms with Gasteiger partial charge in [0.1, 0.15) is 5.75 Å². The number of phenols is 1. The fraction of sp³-hybridized carbons (Fsp3) is 0.385. The first-order chi connectivity index (χ1) is 8.93. The van der Waals surface area contributed by atoms with Crippen LogP contribution in [-0.4, -0.2) is 49.1 Å². The second-order valence-corrected chi connectivity index (χ2v) is 4.33. The average Bonchev–Trinajstić information content (AvgIpc) is 2.37. The number of hydrogen-bond donors (Lipinski definition) is 3. The maximum absolute atomic E-state index is 11.9. The van der Waals surface area contributed by atoms with Crippen molar-refractivity contribution >= 4 is 11.9 Å². The number of nitrogens with one attached hydrogen (secondary N) is 2. The zero-order valence-corrected chi connectivity index (χ0v) is 11.4. The lowest BCUT2D eigenvalue weighted by atomic mass is 10.1. The highest BCUT2D eigenvalue weighted by atomic mass is 16.3. The first-order valence-electron chi connectivity index (χ1n) is 5.95. The van der Waals surface area contributed by atoms with Crippen LogP contribution in [0.2, 0.25) is 0 Å². The van der Waals surface area contributed by atoms with Crippen molar-refractivity contribution in [1.29, 1.82) is 0 Å². The van der Waals surface area contributed by atoms with Gasteiger partial charge in [-0.25, -0.2) is 4.79 Å². The number of carbonyl (C=O) groups excluding carboxylic acids is 2. The third-order valence-corrected chi connectivity index (χ3v) is 2.64. The van der Waals surface area contributed by atoms with Crippen LogP contribution in [-0.2, 0) is 0 Å². The van der Waals surface area contributed by atoms with Crippen molar-refractivity contribution in [2.75, 3.05) is 27.2 Å². The topological polar surface area (TPSA) is 81.7 Å². The van der Waals surface area contributed by atoms with Crippen molar-refractivity contribution in [3.63, 3.8) is 0 Å². The summed E-state index contributed by atoms with van der Waals surface area (Å²) in [6.07, 6.45) is 0. The Morgan fingerprint density at radius 2 is 1.84 bits per heavy atom. The van der Waals surface area contributed by atoms with Crippen LogP contribution in [0.3, 0.4) is 0 Å². The highest BCUT2D eigenvalue weighted by Gasteiger charge is 2.10. The molecule has 0 atom stereocenters. The summed E-state index contributed by atoms with van der Waals surface area (Å²) in [5, 5.41) is 14.8. The SMILES string of the molecule is Cc1c(O)cccc1C(=O)NCCNC(=O)N(C)C. The van der Waals surface area contributed by atoms with E-state index in [1.165, 1.54) is 11.0 Å². The van der Waals surface area contributed by atoms with Crippen LogP contribution < -0.4 is 10.6 Å². The molecular weight excluding hydrogens is 246 g/mol. The maximum atomic E-state index is 11.9. The van der Waals surface area contributed by atoms with Crippen molar-refractivity contribution < 1.29 is 14.7 Å². The lowest BCUT2D eigenvalue weighted by Crippen LogP contribution is -2.39. The van der Waals surface area contributed by atoms with E-state index in [-0.39, 0.29) is 17.7 Å². The molecule has 0 heterocycles. The molecule has 0 radical (unpaired) electrons. The highest BCUT2D eigenvalue weighted by Crippen LogP contribution is 2.19. The van der Waals surface area contributed by atoms with Gasteiger partial charge in [0.15, 0.2) is 0 Å². The summed E-state index contributed by atoms with van der Waals surface area (Å²) in [5.41, 5.74) is 0.969. The summed E-state index contributed by atoms with van der Waals surface area (Å²) in [6.45, 7) is 2.35. The second-order valence-electron chi connectivity index (χ2n) is 4.33. The van der Waals surface area contributed by atoms with Gasteiger partial charge in [-0.15, -0.1) is 0 Å². The Labute approximate surface area is 112 Å². The van der Waals surface area contributed by atoms with E-state index >= 15 is 0 Å². The van der Waals surface area contributed by atoms with E-state index < -0.39 is 0 Å². The van der Waals surface area contributed by atoms with Crippen LogP contribution in [0.25, 0.3) is 0 Å². The first kappa shape index (κ1) is 14.8. The number of nitrogens with zero attached hydrogens (tertiary/aromatic N) is 1. The molecule has 3 N–H and O–H groups in total. The largest absolute Gasteiger partial charge is 0.508 e. The van der Waals surface area contributed by atoms with Gasteiger partial charge in [-0.1, -0.05) is 6.07 Å². The van der Waals surface area contributed by atoms with E-state index in [0.29, 0.717) is 24.2 Å². The molecule has 0 saturated carbocycles. The van der Waals surface area contributed by atoms with Crippen molar-refractivity contribution in [3.8, 4) is 5.75 Å². The summed E-state index contributed by atoms with van der Waals surface area (Å²) in [5.74, 6) is -0.180. The van der Waals surface area contributed by atoms with E-state index in [4.69, 9.17) is 0 Å². The van der Waals surface area contributed by atoms with Gasteiger partial charge in [-0.3, -0.25) is 4.79 Å². The second kappa shape index (κ2) is 6.63. The number of rotatable bonds is 4. The molecule has 19 heavy (non-hydrogen) atoms. The molecule has 6 nitrogen and oxygen atoms in total. The Bertz CT molecular complexity index is 472. The normalized spacial score (nSPS) is 9.84. The molecule has 0 aliphatic heterocycles. The number of urea groups is 1. The van der Waals surface area contributed by atoms with Crippen molar-refractivity contribution in [2.45, 2.75) is 6.92 Å². The number of aromatic hydroxyl groups is 1. The van der Waals surface area contributed by atoms with Crippen LogP contribution in [0.15, 0.2) is 18.2 Å². The molecule has 0 saturated heterocycles. The molecule has 6 heteroatoms. The molecule has 1 aromatic rings. The fourth-order valence-electron chi connectivity index (χ4n) is 1.47. The molecular formula is C13H19N3O3. The van der Waals surface area contributed by atoms with Gasteiger partial charge >= 0.3 is 6.03 Å². The van der Waals surface area contributed by atoms with Crippen molar-refractivity contribution in [2.24, 2.45) is 0 Å². The number of benzene rings is 1. The summed E-state index contributed by atoms with van der Waals surface area (Å²) >= 11 is 0. The van der Waals surface area contributed by atoms with Crippen LogP contribution in [0.4, 0.5) is 4.79 Å². The molecule has 0 aliphatic carbocycles. The average molecular weight is 265 g/mol. The van der Waals surface area contributed by atoms with Crippen LogP contribution in [0.5, 0.6) is 5.75 Å². The molecule has 104 valence electrons. The number of phenolic OH excluding ortho intramolecular Hbond substituents is 1. The zero-order chi connectivity index (χ0) is 14.4. The van der Waals surface area contributed by atoms with E-state index in [0.717, 1.165) is 0 Å². The minimum absolute atomic E-state index is 0.0913. The number of carbonyl (C=O) groups is 2. The van der Waals surface area contributed by atoms with Gasteiger partial charge in [0.25, 0.3) is 5.91 Å². The summed E-state index contributed by atoms with van der Waals surface area (Å²) in [6, 6.07) is 4.58. The van der Waals surface area contributed by atoms with Gasteiger partial charge in [0.05, 0.1) is 0 Å². The van der Waals surface area contributed by atoms with Crippen LogP contribution in [0.1, 0.15) is 15.9 Å². The highest BCUT2D eigenvalue weighted by molar-refractivity contribution is 5.96. The Hall–Kier alpha value is -2.24. The molecule has 0 unspecified atom stereocenters. The predicted molar refractivity (Wildman–Crippen MR) is 72.3 cm³/mol. The fourth-order valence-corrected chi connectivity index (χ4v) is 1.47. The van der Waals surface area contributed by atoms with Crippen LogP contribution >= 0.6 is 0 Å². The van der Waals surface area contributed by atoms with E-state index in [1.807, 2.05) is 0 Å². The maximum Gasteiger partial charge on any atom is 0.316 e. The quantitative estimate of drug-likeness (QED) is 0.701.